The van der Waals surface area contributed by atoms with E-state index in [1.165, 1.54) is 38.6 Å². The summed E-state index contributed by atoms with van der Waals surface area (Å²) in [7, 11) is 0. The van der Waals surface area contributed by atoms with Gasteiger partial charge in [0.1, 0.15) is 5.76 Å². The molecule has 2 amide bonds. The summed E-state index contributed by atoms with van der Waals surface area (Å²) in [6.45, 7) is 6.71. The Morgan fingerprint density at radius 2 is 1.86 bits per heavy atom. The van der Waals surface area contributed by atoms with Gasteiger partial charge in [-0.05, 0) is 37.8 Å². The van der Waals surface area contributed by atoms with Crippen LogP contribution in [-0.2, 0) is 11.3 Å². The number of nitrogens with zero attached hydrogens (tertiary/aromatic N) is 1. The van der Waals surface area contributed by atoms with Crippen LogP contribution < -0.4 is 10.2 Å². The summed E-state index contributed by atoms with van der Waals surface area (Å²) in [5.41, 5.74) is 1.59. The minimum Gasteiger partial charge on any atom is -0.469 e. The lowest BCUT2D eigenvalue weighted by molar-refractivity contribution is -0.903. The molecule has 0 saturated carbocycles. The fraction of sp³-hybridized carbons (Fsp3) is 0.478. The second-order valence-corrected chi connectivity index (χ2v) is 7.76. The van der Waals surface area contributed by atoms with Crippen LogP contribution in [0, 0.1) is 6.92 Å². The number of aryl methyl sites for hydroxylation is 1. The molecule has 2 N–H and O–H groups in total. The Morgan fingerprint density at radius 1 is 1.10 bits per heavy atom. The van der Waals surface area contributed by atoms with Gasteiger partial charge in [0, 0.05) is 19.5 Å². The van der Waals surface area contributed by atoms with Crippen molar-refractivity contribution >= 4 is 11.8 Å². The van der Waals surface area contributed by atoms with Crippen LogP contribution in [0.15, 0.2) is 47.1 Å². The van der Waals surface area contributed by atoms with Crippen molar-refractivity contribution in [2.24, 2.45) is 0 Å². The van der Waals surface area contributed by atoms with Crippen molar-refractivity contribution in [1.82, 2.24) is 10.2 Å². The molecule has 1 aliphatic rings. The highest BCUT2D eigenvalue weighted by Crippen LogP contribution is 2.15. The Balaban J connectivity index is 1.52. The summed E-state index contributed by atoms with van der Waals surface area (Å²) in [6, 6.07) is 11.5. The van der Waals surface area contributed by atoms with Gasteiger partial charge in [-0.15, -0.1) is 0 Å². The number of carbonyl (C=O) groups excluding carboxylic acids is 2. The third-order valence-electron chi connectivity index (χ3n) is 5.56. The van der Waals surface area contributed by atoms with Gasteiger partial charge in [0.25, 0.3) is 5.91 Å². The number of carbonyl (C=O) groups is 2. The topological polar surface area (TPSA) is 67.0 Å². The first-order valence-electron chi connectivity index (χ1n) is 10.6. The van der Waals surface area contributed by atoms with E-state index >= 15 is 0 Å². The van der Waals surface area contributed by atoms with Crippen LogP contribution in [0.1, 0.15) is 47.4 Å². The molecule has 2 aromatic rings. The van der Waals surface area contributed by atoms with Crippen molar-refractivity contribution in [3.8, 4) is 0 Å². The smallest absolute Gasteiger partial charge is 0.257 e. The normalized spacial score (nSPS) is 14.5. The van der Waals surface area contributed by atoms with E-state index in [2.05, 4.69) is 5.32 Å². The zero-order chi connectivity index (χ0) is 20.5. The molecule has 3 rings (SSSR count). The van der Waals surface area contributed by atoms with Crippen LogP contribution in [0.5, 0.6) is 0 Å². The molecule has 2 heterocycles. The van der Waals surface area contributed by atoms with Crippen LogP contribution in [0.25, 0.3) is 0 Å². The minimum absolute atomic E-state index is 0.00353. The second kappa shape index (κ2) is 10.8. The lowest BCUT2D eigenvalue weighted by Gasteiger charge is -2.24. The van der Waals surface area contributed by atoms with Crippen LogP contribution in [0.4, 0.5) is 0 Å². The van der Waals surface area contributed by atoms with E-state index in [1.54, 1.807) is 22.8 Å². The van der Waals surface area contributed by atoms with Crippen molar-refractivity contribution in [1.29, 1.82) is 0 Å². The van der Waals surface area contributed by atoms with Gasteiger partial charge in [-0.3, -0.25) is 9.59 Å². The van der Waals surface area contributed by atoms with Crippen molar-refractivity contribution in [3.05, 3.63) is 59.5 Å². The lowest BCUT2D eigenvalue weighted by atomic mass is 10.1. The first-order valence-corrected chi connectivity index (χ1v) is 10.6. The molecule has 0 bridgehead atoms. The average Bonchev–Trinajstić information content (AvgIpc) is 3.18. The van der Waals surface area contributed by atoms with Crippen LogP contribution >= 0.6 is 0 Å². The largest absolute Gasteiger partial charge is 0.469 e. The van der Waals surface area contributed by atoms with E-state index in [0.717, 1.165) is 12.1 Å². The molecule has 0 radical (unpaired) electrons. The van der Waals surface area contributed by atoms with Crippen LogP contribution in [-0.4, -0.2) is 49.4 Å². The van der Waals surface area contributed by atoms with E-state index in [0.29, 0.717) is 37.4 Å². The Labute approximate surface area is 172 Å². The van der Waals surface area contributed by atoms with Crippen molar-refractivity contribution < 1.29 is 18.9 Å². The van der Waals surface area contributed by atoms with E-state index in [9.17, 15) is 9.59 Å². The molecule has 0 unspecified atom stereocenters. The summed E-state index contributed by atoms with van der Waals surface area (Å²) < 4.78 is 5.29. The number of hydrogen-bond acceptors (Lipinski definition) is 3. The molecule has 6 heteroatoms. The number of piperidine rings is 1. The van der Waals surface area contributed by atoms with Gasteiger partial charge in [-0.25, -0.2) is 0 Å². The van der Waals surface area contributed by atoms with E-state index < -0.39 is 0 Å². The lowest BCUT2D eigenvalue weighted by Crippen LogP contribution is -3.13. The quantitative estimate of drug-likeness (QED) is 0.677. The van der Waals surface area contributed by atoms with E-state index in [-0.39, 0.29) is 11.8 Å². The fourth-order valence-electron chi connectivity index (χ4n) is 3.84. The molecule has 0 aliphatic carbocycles. The monoisotopic (exact) mass is 398 g/mol. The highest BCUT2D eigenvalue weighted by molar-refractivity contribution is 5.95. The highest BCUT2D eigenvalue weighted by Gasteiger charge is 2.21. The molecule has 156 valence electrons. The van der Waals surface area contributed by atoms with Crippen molar-refractivity contribution in [3.63, 3.8) is 0 Å². The molecule has 1 fully saturated rings. The van der Waals surface area contributed by atoms with Gasteiger partial charge in [-0.2, -0.15) is 0 Å². The van der Waals surface area contributed by atoms with Gasteiger partial charge in [0.05, 0.1) is 38.0 Å². The van der Waals surface area contributed by atoms with E-state index in [4.69, 9.17) is 4.42 Å². The second-order valence-electron chi connectivity index (χ2n) is 7.76. The summed E-state index contributed by atoms with van der Waals surface area (Å²) >= 11 is 0. The van der Waals surface area contributed by atoms with Crippen LogP contribution in [0.2, 0.25) is 0 Å². The standard InChI is InChI=1S/C23H31N3O3/c1-19-21(11-17-29-19)23(28)26(18-20-8-4-2-5-9-20)15-10-22(27)24-12-16-25-13-6-3-7-14-25/h2,4-5,8-9,11,17H,3,6-7,10,12-16,18H2,1H3,(H,24,27)/p+1. The Kier molecular flexibility index (Phi) is 7.87. The summed E-state index contributed by atoms with van der Waals surface area (Å²) in [4.78, 5) is 28.6. The third-order valence-corrected chi connectivity index (χ3v) is 5.56. The van der Waals surface area contributed by atoms with Gasteiger partial charge in [0.15, 0.2) is 0 Å². The highest BCUT2D eigenvalue weighted by atomic mass is 16.3. The van der Waals surface area contributed by atoms with E-state index in [1.807, 2.05) is 30.3 Å². The predicted octanol–water partition coefficient (Wildman–Crippen LogP) is 1.81. The molecule has 6 nitrogen and oxygen atoms in total. The first-order chi connectivity index (χ1) is 14.1. The molecule has 0 atom stereocenters. The SMILES string of the molecule is Cc1occc1C(=O)N(CCC(=O)NCC[NH+]1CCCCC1)Cc1ccccc1. The summed E-state index contributed by atoms with van der Waals surface area (Å²) in [5.74, 6) is 0.490. The minimum atomic E-state index is -0.106. The number of nitrogens with one attached hydrogen (secondary N) is 2. The molecule has 1 aliphatic heterocycles. The van der Waals surface area contributed by atoms with Gasteiger partial charge >= 0.3 is 0 Å². The zero-order valence-corrected chi connectivity index (χ0v) is 17.3. The fourth-order valence-corrected chi connectivity index (χ4v) is 3.84. The Hall–Kier alpha value is -2.60. The Morgan fingerprint density at radius 3 is 2.55 bits per heavy atom. The number of quaternary nitrogens is 1. The number of furan rings is 1. The number of benzene rings is 1. The number of amides is 2. The van der Waals surface area contributed by atoms with Crippen molar-refractivity contribution in [2.75, 3.05) is 32.7 Å². The first kappa shape index (κ1) is 21.1. The molecular weight excluding hydrogens is 366 g/mol. The molecule has 1 aromatic carbocycles. The maximum absolute atomic E-state index is 13.0. The van der Waals surface area contributed by atoms with Crippen molar-refractivity contribution in [2.45, 2.75) is 39.2 Å². The maximum atomic E-state index is 13.0. The number of likely N-dealkylation sites (tertiary alicyclic amines) is 1. The molecule has 1 saturated heterocycles. The molecule has 0 spiro atoms. The summed E-state index contributed by atoms with van der Waals surface area (Å²) in [6.07, 6.45) is 5.72. The average molecular weight is 399 g/mol. The zero-order valence-electron chi connectivity index (χ0n) is 17.3. The van der Waals surface area contributed by atoms with Gasteiger partial charge in [-0.1, -0.05) is 30.3 Å². The van der Waals surface area contributed by atoms with Crippen LogP contribution in [0.3, 0.4) is 0 Å². The predicted molar refractivity (Wildman–Crippen MR) is 112 cm³/mol. The van der Waals surface area contributed by atoms with Gasteiger partial charge < -0.3 is 19.5 Å². The number of hydrogen-bond donors (Lipinski definition) is 2. The molecular formula is C23H32N3O3+. The Bertz CT molecular complexity index is 782. The van der Waals surface area contributed by atoms with Gasteiger partial charge in [0.2, 0.25) is 5.91 Å². The maximum Gasteiger partial charge on any atom is 0.257 e. The third kappa shape index (κ3) is 6.46. The summed E-state index contributed by atoms with van der Waals surface area (Å²) in [5, 5.41) is 3.02. The number of rotatable bonds is 9. The molecule has 29 heavy (non-hydrogen) atoms. The molecule has 1 aromatic heterocycles.